The van der Waals surface area contributed by atoms with Gasteiger partial charge in [0.05, 0.1) is 11.5 Å². The number of carbonyl (C=O) groups is 1. The van der Waals surface area contributed by atoms with E-state index in [0.717, 1.165) is 10.9 Å². The molecule has 2 aromatic rings. The van der Waals surface area contributed by atoms with Gasteiger partial charge in [0.25, 0.3) is 0 Å². The van der Waals surface area contributed by atoms with Gasteiger partial charge in [-0.1, -0.05) is 53.5 Å². The average molecular weight is 328 g/mol. The van der Waals surface area contributed by atoms with Crippen LogP contribution in [0.2, 0.25) is 0 Å². The van der Waals surface area contributed by atoms with Crippen LogP contribution in [0.5, 0.6) is 5.75 Å². The largest absolute Gasteiger partial charge is 0.426 e. The molecule has 0 saturated heterocycles. The fourth-order valence-electron chi connectivity index (χ4n) is 2.33. The third kappa shape index (κ3) is 4.14. The Morgan fingerprint density at radius 1 is 1.17 bits per heavy atom. The zero-order valence-electron chi connectivity index (χ0n) is 15.2. The predicted molar refractivity (Wildman–Crippen MR) is 97.8 cm³/mol. The normalized spacial score (nSPS) is 10.3. The molecule has 128 valence electrons. The first-order valence-electron chi connectivity index (χ1n) is 8.29. The molecule has 0 heterocycles. The molecule has 0 unspecified atom stereocenters. The Hall–Kier alpha value is -2.34. The number of rotatable bonds is 3. The van der Waals surface area contributed by atoms with Gasteiger partial charge in [0, 0.05) is 5.39 Å². The Labute approximate surface area is 144 Å². The van der Waals surface area contributed by atoms with E-state index in [4.69, 9.17) is 11.2 Å². The standard InChI is InChI=1S/C19H19FO2.C2H6/c1-6-15-17(20)8-7-13-9-14(22-19(21)12(4)5)10-16(11(2)3)18(13)15;1-2/h1,7-12H,2-5H3;1-2H3. The minimum absolute atomic E-state index is 0.120. The SMILES string of the molecule is C#Cc1c(F)ccc2cc(OC(=O)C(C)C)cc(C(C)C)c12.CC. The van der Waals surface area contributed by atoms with Crippen LogP contribution in [0.1, 0.15) is 58.6 Å². The molecule has 2 rings (SSSR count). The van der Waals surface area contributed by atoms with E-state index in [-0.39, 0.29) is 23.4 Å². The van der Waals surface area contributed by atoms with Crippen LogP contribution in [-0.4, -0.2) is 5.97 Å². The molecule has 0 amide bonds. The van der Waals surface area contributed by atoms with Crippen LogP contribution in [-0.2, 0) is 4.79 Å². The lowest BCUT2D eigenvalue weighted by molar-refractivity contribution is -0.137. The number of halogens is 1. The molecule has 3 heteroatoms. The molecule has 0 aliphatic carbocycles. The minimum Gasteiger partial charge on any atom is -0.426 e. The lowest BCUT2D eigenvalue weighted by Gasteiger charge is -2.15. The second kappa shape index (κ2) is 8.49. The van der Waals surface area contributed by atoms with E-state index in [2.05, 4.69) is 5.92 Å². The molecule has 0 atom stereocenters. The average Bonchev–Trinajstić information content (AvgIpc) is 2.56. The van der Waals surface area contributed by atoms with Gasteiger partial charge in [0.1, 0.15) is 11.6 Å². The van der Waals surface area contributed by atoms with E-state index in [9.17, 15) is 9.18 Å². The van der Waals surface area contributed by atoms with Gasteiger partial charge in [-0.25, -0.2) is 4.39 Å². The van der Waals surface area contributed by atoms with Crippen molar-refractivity contribution in [1.82, 2.24) is 0 Å². The van der Waals surface area contributed by atoms with E-state index in [1.54, 1.807) is 32.0 Å². The highest BCUT2D eigenvalue weighted by Crippen LogP contribution is 2.34. The summed E-state index contributed by atoms with van der Waals surface area (Å²) in [5.74, 6) is 2.09. The lowest BCUT2D eigenvalue weighted by atomic mass is 9.92. The molecular weight excluding hydrogens is 303 g/mol. The first kappa shape index (κ1) is 19.7. The number of hydrogen-bond donors (Lipinski definition) is 0. The zero-order chi connectivity index (χ0) is 18.4. The van der Waals surface area contributed by atoms with Crippen molar-refractivity contribution in [3.05, 3.63) is 41.2 Å². The van der Waals surface area contributed by atoms with Crippen molar-refractivity contribution >= 4 is 16.7 Å². The van der Waals surface area contributed by atoms with Crippen molar-refractivity contribution < 1.29 is 13.9 Å². The Morgan fingerprint density at radius 2 is 1.79 bits per heavy atom. The van der Waals surface area contributed by atoms with E-state index in [0.29, 0.717) is 11.1 Å². The van der Waals surface area contributed by atoms with Crippen LogP contribution in [0.3, 0.4) is 0 Å². The van der Waals surface area contributed by atoms with Crippen molar-refractivity contribution in [3.8, 4) is 18.1 Å². The van der Waals surface area contributed by atoms with Crippen LogP contribution in [0.15, 0.2) is 24.3 Å². The smallest absolute Gasteiger partial charge is 0.313 e. The number of fused-ring (bicyclic) bond motifs is 1. The quantitative estimate of drug-likeness (QED) is 0.412. The summed E-state index contributed by atoms with van der Waals surface area (Å²) in [6.07, 6.45) is 5.47. The topological polar surface area (TPSA) is 26.3 Å². The van der Waals surface area contributed by atoms with Crippen molar-refractivity contribution in [3.63, 3.8) is 0 Å². The van der Waals surface area contributed by atoms with E-state index < -0.39 is 5.82 Å². The van der Waals surface area contributed by atoms with Crippen LogP contribution in [0.25, 0.3) is 10.8 Å². The zero-order valence-corrected chi connectivity index (χ0v) is 15.2. The Morgan fingerprint density at radius 3 is 2.29 bits per heavy atom. The van der Waals surface area contributed by atoms with Crippen molar-refractivity contribution in [2.75, 3.05) is 0 Å². The first-order chi connectivity index (χ1) is 11.3. The van der Waals surface area contributed by atoms with Crippen molar-refractivity contribution in [1.29, 1.82) is 0 Å². The summed E-state index contributed by atoms with van der Waals surface area (Å²) in [6, 6.07) is 6.50. The van der Waals surface area contributed by atoms with Gasteiger partial charge in [0.15, 0.2) is 0 Å². The van der Waals surface area contributed by atoms with E-state index >= 15 is 0 Å². The van der Waals surface area contributed by atoms with Gasteiger partial charge in [-0.05, 0) is 35.1 Å². The fourth-order valence-corrected chi connectivity index (χ4v) is 2.33. The highest BCUT2D eigenvalue weighted by Gasteiger charge is 2.16. The maximum Gasteiger partial charge on any atom is 0.313 e. The molecule has 0 fully saturated rings. The predicted octanol–water partition coefficient (Wildman–Crippen LogP) is 5.67. The molecule has 2 nitrogen and oxygen atoms in total. The molecule has 0 bridgehead atoms. The summed E-state index contributed by atoms with van der Waals surface area (Å²) in [6.45, 7) is 11.5. The van der Waals surface area contributed by atoms with Crippen LogP contribution in [0, 0.1) is 24.1 Å². The molecule has 0 saturated carbocycles. The number of hydrogen-bond acceptors (Lipinski definition) is 2. The third-order valence-corrected chi connectivity index (χ3v) is 3.53. The highest BCUT2D eigenvalue weighted by molar-refractivity contribution is 5.93. The monoisotopic (exact) mass is 328 g/mol. The van der Waals surface area contributed by atoms with Crippen molar-refractivity contribution in [2.24, 2.45) is 5.92 Å². The second-order valence-electron chi connectivity index (χ2n) is 5.91. The van der Waals surface area contributed by atoms with Gasteiger partial charge in [-0.2, -0.15) is 0 Å². The number of carbonyl (C=O) groups excluding carboxylic acids is 1. The first-order valence-corrected chi connectivity index (χ1v) is 8.29. The Balaban J connectivity index is 0.00000139. The summed E-state index contributed by atoms with van der Waals surface area (Å²) < 4.78 is 19.3. The summed E-state index contributed by atoms with van der Waals surface area (Å²) in [7, 11) is 0. The summed E-state index contributed by atoms with van der Waals surface area (Å²) >= 11 is 0. The van der Waals surface area contributed by atoms with Crippen LogP contribution in [0.4, 0.5) is 4.39 Å². The maximum absolute atomic E-state index is 14.0. The number of ether oxygens (including phenoxy) is 1. The summed E-state index contributed by atoms with van der Waals surface area (Å²) in [5, 5.41) is 1.48. The number of benzene rings is 2. The molecule has 0 aliphatic heterocycles. The molecule has 0 aromatic heterocycles. The maximum atomic E-state index is 14.0. The van der Waals surface area contributed by atoms with Gasteiger partial charge >= 0.3 is 5.97 Å². The molecular formula is C21H25FO2. The molecule has 0 spiro atoms. The van der Waals surface area contributed by atoms with Gasteiger partial charge in [0.2, 0.25) is 0 Å². The van der Waals surface area contributed by atoms with Crippen molar-refractivity contribution in [2.45, 2.75) is 47.5 Å². The third-order valence-electron chi connectivity index (χ3n) is 3.53. The van der Waals surface area contributed by atoms with E-state index in [1.807, 2.05) is 27.7 Å². The molecule has 0 aliphatic rings. The number of esters is 1. The van der Waals surface area contributed by atoms with Gasteiger partial charge < -0.3 is 4.74 Å². The fraction of sp³-hybridized carbons (Fsp3) is 0.381. The van der Waals surface area contributed by atoms with E-state index in [1.165, 1.54) is 6.07 Å². The summed E-state index contributed by atoms with van der Waals surface area (Å²) in [4.78, 5) is 11.8. The van der Waals surface area contributed by atoms with Gasteiger partial charge in [-0.15, -0.1) is 6.42 Å². The molecule has 2 aromatic carbocycles. The van der Waals surface area contributed by atoms with Gasteiger partial charge in [-0.3, -0.25) is 4.79 Å². The molecule has 0 radical (unpaired) electrons. The summed E-state index contributed by atoms with van der Waals surface area (Å²) in [5.41, 5.74) is 1.12. The highest BCUT2D eigenvalue weighted by atomic mass is 19.1. The minimum atomic E-state index is -0.413. The second-order valence-corrected chi connectivity index (χ2v) is 5.91. The Bertz CT molecular complexity index is 767. The lowest BCUT2D eigenvalue weighted by Crippen LogP contribution is -2.15. The van der Waals surface area contributed by atoms with Crippen LogP contribution < -0.4 is 4.74 Å². The molecule has 0 N–H and O–H groups in total. The Kier molecular flexibility index (Phi) is 6.97. The molecule has 24 heavy (non-hydrogen) atoms. The van der Waals surface area contributed by atoms with Crippen LogP contribution >= 0.6 is 0 Å². The number of terminal acetylenes is 1.